The van der Waals surface area contributed by atoms with Gasteiger partial charge >= 0.3 is 5.97 Å². The molecule has 8 heteroatoms. The first-order valence-electron chi connectivity index (χ1n) is 10.2. The number of nitriles is 1. The molecule has 0 radical (unpaired) electrons. The van der Waals surface area contributed by atoms with Gasteiger partial charge in [0.2, 0.25) is 0 Å². The Hall–Kier alpha value is -4.53. The van der Waals surface area contributed by atoms with E-state index in [0.717, 1.165) is 12.0 Å². The number of hydrogen-bond acceptors (Lipinski definition) is 7. The van der Waals surface area contributed by atoms with Gasteiger partial charge in [0.25, 0.3) is 0 Å². The van der Waals surface area contributed by atoms with Gasteiger partial charge in [-0.15, -0.1) is 0 Å². The molecule has 160 valence electrons. The predicted molar refractivity (Wildman–Crippen MR) is 118 cm³/mol. The number of aromatic nitrogens is 4. The number of pyridine rings is 2. The highest BCUT2D eigenvalue weighted by Crippen LogP contribution is 2.34. The minimum atomic E-state index is -1.30. The summed E-state index contributed by atoms with van der Waals surface area (Å²) in [6.45, 7) is 0. The fourth-order valence-corrected chi connectivity index (χ4v) is 3.97. The SMILES string of the molecule is COC(=O)c1nn(-c2cccc(C#CC3(O)CCc4cccnc43)c2)c2cc(C#N)ncc12. The van der Waals surface area contributed by atoms with Crippen molar-refractivity contribution >= 4 is 16.9 Å². The number of rotatable bonds is 2. The van der Waals surface area contributed by atoms with Crippen LogP contribution in [0.1, 0.15) is 39.4 Å². The van der Waals surface area contributed by atoms with Crippen molar-refractivity contribution in [2.24, 2.45) is 0 Å². The van der Waals surface area contributed by atoms with E-state index in [1.165, 1.54) is 13.3 Å². The average molecular weight is 435 g/mol. The Kier molecular flexibility index (Phi) is 4.86. The molecule has 0 amide bonds. The molecule has 0 saturated carbocycles. The minimum absolute atomic E-state index is 0.101. The van der Waals surface area contributed by atoms with Gasteiger partial charge in [-0.3, -0.25) is 4.98 Å². The fourth-order valence-electron chi connectivity index (χ4n) is 3.97. The van der Waals surface area contributed by atoms with Gasteiger partial charge in [0.1, 0.15) is 11.8 Å². The lowest BCUT2D eigenvalue weighted by molar-refractivity contribution is 0.0595. The zero-order valence-electron chi connectivity index (χ0n) is 17.6. The third-order valence-corrected chi connectivity index (χ3v) is 5.60. The Balaban J connectivity index is 1.58. The van der Waals surface area contributed by atoms with Crippen molar-refractivity contribution in [3.63, 3.8) is 0 Å². The first-order chi connectivity index (χ1) is 16.0. The molecule has 0 bridgehead atoms. The molecule has 1 aliphatic rings. The Morgan fingerprint density at radius 2 is 2.12 bits per heavy atom. The van der Waals surface area contributed by atoms with Crippen molar-refractivity contribution in [2.75, 3.05) is 7.11 Å². The Bertz CT molecular complexity index is 1520. The highest BCUT2D eigenvalue weighted by molar-refractivity contribution is 6.02. The van der Waals surface area contributed by atoms with E-state index in [1.807, 2.05) is 36.4 Å². The highest BCUT2D eigenvalue weighted by atomic mass is 16.5. The number of esters is 1. The van der Waals surface area contributed by atoms with E-state index in [0.29, 0.717) is 34.3 Å². The van der Waals surface area contributed by atoms with Crippen molar-refractivity contribution in [3.05, 3.63) is 83.1 Å². The van der Waals surface area contributed by atoms with E-state index in [4.69, 9.17) is 4.74 Å². The molecule has 0 fully saturated rings. The van der Waals surface area contributed by atoms with Gasteiger partial charge in [-0.05, 0) is 42.7 Å². The molecule has 1 N–H and O–H groups in total. The summed E-state index contributed by atoms with van der Waals surface area (Å²) in [6, 6.07) is 14.6. The number of carbonyl (C=O) groups excluding carboxylic acids is 1. The van der Waals surface area contributed by atoms with E-state index in [-0.39, 0.29) is 11.4 Å². The molecule has 8 nitrogen and oxygen atoms in total. The van der Waals surface area contributed by atoms with Gasteiger partial charge in [0.05, 0.1) is 29.4 Å². The average Bonchev–Trinajstić information content (AvgIpc) is 3.41. The van der Waals surface area contributed by atoms with Crippen LogP contribution in [-0.4, -0.2) is 37.9 Å². The van der Waals surface area contributed by atoms with Crippen molar-refractivity contribution in [3.8, 4) is 23.6 Å². The third kappa shape index (κ3) is 3.49. The quantitative estimate of drug-likeness (QED) is 0.380. The normalized spacial score (nSPS) is 16.5. The summed E-state index contributed by atoms with van der Waals surface area (Å²) in [5.74, 6) is 5.43. The number of hydrogen-bond donors (Lipinski definition) is 1. The number of benzene rings is 1. The highest BCUT2D eigenvalue weighted by Gasteiger charge is 2.36. The lowest BCUT2D eigenvalue weighted by Crippen LogP contribution is -2.20. The maximum atomic E-state index is 12.2. The lowest BCUT2D eigenvalue weighted by Gasteiger charge is -2.15. The van der Waals surface area contributed by atoms with Crippen molar-refractivity contribution in [2.45, 2.75) is 18.4 Å². The second kappa shape index (κ2) is 7.86. The molecule has 3 aromatic heterocycles. The molecule has 4 aromatic rings. The molecule has 33 heavy (non-hydrogen) atoms. The third-order valence-electron chi connectivity index (χ3n) is 5.60. The summed E-state index contributed by atoms with van der Waals surface area (Å²) in [5.41, 5.74) is 2.44. The van der Waals surface area contributed by atoms with E-state index in [2.05, 4.69) is 26.9 Å². The smallest absolute Gasteiger partial charge is 0.359 e. The second-order valence-electron chi connectivity index (χ2n) is 7.62. The standard InChI is InChI=1S/C25H17N5O3/c1-33-24(31)22-20-15-28-18(14-26)13-21(20)30(29-22)19-6-2-4-16(12-19)7-9-25(32)10-8-17-5-3-11-27-23(17)25/h2-6,11-13,15,32H,8,10H2,1H3. The zero-order valence-corrected chi connectivity index (χ0v) is 17.6. The summed E-state index contributed by atoms with van der Waals surface area (Å²) in [7, 11) is 1.28. The first-order valence-corrected chi connectivity index (χ1v) is 10.2. The molecule has 1 aromatic carbocycles. The van der Waals surface area contributed by atoms with Crippen LogP contribution in [0.4, 0.5) is 0 Å². The molecule has 1 unspecified atom stereocenters. The zero-order chi connectivity index (χ0) is 23.0. The van der Waals surface area contributed by atoms with Crippen LogP contribution >= 0.6 is 0 Å². The van der Waals surface area contributed by atoms with Crippen LogP contribution in [0.5, 0.6) is 0 Å². The van der Waals surface area contributed by atoms with Crippen LogP contribution in [0.2, 0.25) is 0 Å². The Labute approximate surface area is 189 Å². The van der Waals surface area contributed by atoms with Crippen LogP contribution < -0.4 is 0 Å². The van der Waals surface area contributed by atoms with Gasteiger partial charge in [-0.25, -0.2) is 14.5 Å². The van der Waals surface area contributed by atoms with E-state index >= 15 is 0 Å². The van der Waals surface area contributed by atoms with Crippen molar-refractivity contribution < 1.29 is 14.6 Å². The lowest BCUT2D eigenvalue weighted by atomic mass is 10.0. The van der Waals surface area contributed by atoms with E-state index in [9.17, 15) is 15.2 Å². The molecule has 0 spiro atoms. The summed E-state index contributed by atoms with van der Waals surface area (Å²) in [6.07, 6.45) is 4.30. The number of aliphatic hydroxyl groups is 1. The fraction of sp³-hybridized carbons (Fsp3) is 0.160. The Morgan fingerprint density at radius 3 is 2.94 bits per heavy atom. The molecule has 0 aliphatic heterocycles. The molecule has 1 aliphatic carbocycles. The van der Waals surface area contributed by atoms with E-state index < -0.39 is 11.6 Å². The summed E-state index contributed by atoms with van der Waals surface area (Å²) in [4.78, 5) is 20.6. The number of methoxy groups -OCH3 is 1. The van der Waals surface area contributed by atoms with Gasteiger partial charge in [-0.1, -0.05) is 24.0 Å². The molecule has 3 heterocycles. The number of ether oxygens (including phenoxy) is 1. The van der Waals surface area contributed by atoms with E-state index in [1.54, 1.807) is 23.0 Å². The van der Waals surface area contributed by atoms with Crippen LogP contribution in [0, 0.1) is 23.2 Å². The van der Waals surface area contributed by atoms with Gasteiger partial charge in [0, 0.05) is 24.0 Å². The van der Waals surface area contributed by atoms with Gasteiger partial charge < -0.3 is 9.84 Å². The molecule has 5 rings (SSSR count). The number of fused-ring (bicyclic) bond motifs is 2. The summed E-state index contributed by atoms with van der Waals surface area (Å²) in [5, 5.41) is 25.2. The summed E-state index contributed by atoms with van der Waals surface area (Å²) >= 11 is 0. The van der Waals surface area contributed by atoms with Gasteiger partial charge in [0.15, 0.2) is 11.3 Å². The Morgan fingerprint density at radius 1 is 1.24 bits per heavy atom. The minimum Gasteiger partial charge on any atom is -0.464 e. The van der Waals surface area contributed by atoms with Crippen LogP contribution in [0.15, 0.2) is 54.9 Å². The number of carbonyl (C=O) groups is 1. The molecular weight excluding hydrogens is 418 g/mol. The number of aryl methyl sites for hydroxylation is 1. The maximum Gasteiger partial charge on any atom is 0.359 e. The monoisotopic (exact) mass is 435 g/mol. The number of nitrogens with zero attached hydrogens (tertiary/aromatic N) is 5. The van der Waals surface area contributed by atoms with Crippen LogP contribution in [0.25, 0.3) is 16.6 Å². The molecular formula is C25H17N5O3. The second-order valence-corrected chi connectivity index (χ2v) is 7.62. The molecule has 1 atom stereocenters. The predicted octanol–water partition coefficient (Wildman–Crippen LogP) is 2.66. The molecule has 0 saturated heterocycles. The van der Waals surface area contributed by atoms with Gasteiger partial charge in [-0.2, -0.15) is 10.4 Å². The largest absolute Gasteiger partial charge is 0.464 e. The summed E-state index contributed by atoms with van der Waals surface area (Å²) < 4.78 is 6.40. The van der Waals surface area contributed by atoms with Crippen molar-refractivity contribution in [1.29, 1.82) is 5.26 Å². The van der Waals surface area contributed by atoms with Crippen LogP contribution in [0.3, 0.4) is 0 Å². The van der Waals surface area contributed by atoms with Crippen LogP contribution in [-0.2, 0) is 16.8 Å². The topological polar surface area (TPSA) is 114 Å². The first kappa shape index (κ1) is 20.4. The maximum absolute atomic E-state index is 12.2. The van der Waals surface area contributed by atoms with Crippen molar-refractivity contribution in [1.82, 2.24) is 19.7 Å².